The molecule has 0 aliphatic heterocycles. The van der Waals surface area contributed by atoms with Crippen molar-refractivity contribution in [3.05, 3.63) is 64.2 Å². The van der Waals surface area contributed by atoms with E-state index in [1.54, 1.807) is 18.2 Å². The molecule has 0 aliphatic rings. The molecule has 114 valence electrons. The van der Waals surface area contributed by atoms with E-state index in [0.29, 0.717) is 12.1 Å². The number of hydrogen-bond donors (Lipinski definition) is 1. The quantitative estimate of drug-likeness (QED) is 0.500. The van der Waals surface area contributed by atoms with Crippen molar-refractivity contribution in [1.29, 1.82) is 0 Å². The molecule has 0 atom stereocenters. The van der Waals surface area contributed by atoms with E-state index >= 15 is 0 Å². The van der Waals surface area contributed by atoms with Gasteiger partial charge in [0.2, 0.25) is 5.91 Å². The highest BCUT2D eigenvalue weighted by Gasteiger charge is 2.08. The molecule has 0 saturated carbocycles. The van der Waals surface area contributed by atoms with Crippen LogP contribution in [0.5, 0.6) is 0 Å². The van der Waals surface area contributed by atoms with Crippen molar-refractivity contribution in [3.63, 3.8) is 0 Å². The Bertz CT molecular complexity index is 694. The second-order valence-electron chi connectivity index (χ2n) is 4.39. The third-order valence-electron chi connectivity index (χ3n) is 2.77. The third kappa shape index (κ3) is 4.51. The van der Waals surface area contributed by atoms with Crippen LogP contribution in [0.3, 0.4) is 0 Å². The average Bonchev–Trinajstić information content (AvgIpc) is 2.96. The fraction of sp³-hybridized carbons (Fsp3) is 0.143. The van der Waals surface area contributed by atoms with E-state index in [-0.39, 0.29) is 24.0 Å². The topological polar surface area (TPSA) is 90.1 Å². The summed E-state index contributed by atoms with van der Waals surface area (Å²) in [6.45, 7) is 0.607. The van der Waals surface area contributed by atoms with Crippen molar-refractivity contribution in [1.82, 2.24) is 15.1 Å². The molecule has 1 aromatic carbocycles. The second kappa shape index (κ2) is 7.11. The number of nitro groups is 1. The lowest BCUT2D eigenvalue weighted by molar-refractivity contribution is -0.385. The highest BCUT2D eigenvalue weighted by molar-refractivity contribution is 5.91. The van der Waals surface area contributed by atoms with E-state index in [0.717, 1.165) is 6.20 Å². The Morgan fingerprint density at radius 3 is 2.77 bits per heavy atom. The summed E-state index contributed by atoms with van der Waals surface area (Å²) in [5, 5.41) is 16.9. The maximum Gasteiger partial charge on any atom is 0.306 e. The van der Waals surface area contributed by atoms with Crippen LogP contribution < -0.4 is 5.32 Å². The van der Waals surface area contributed by atoms with Crippen molar-refractivity contribution < 1.29 is 14.1 Å². The third-order valence-corrected chi connectivity index (χ3v) is 2.77. The Labute approximate surface area is 125 Å². The van der Waals surface area contributed by atoms with Crippen LogP contribution in [0.4, 0.5) is 10.1 Å². The first-order valence-corrected chi connectivity index (χ1v) is 6.43. The number of rotatable bonds is 6. The van der Waals surface area contributed by atoms with Gasteiger partial charge < -0.3 is 5.32 Å². The molecule has 0 fully saturated rings. The van der Waals surface area contributed by atoms with Crippen LogP contribution in [0.15, 0.2) is 42.7 Å². The molecule has 0 saturated heterocycles. The molecule has 2 aromatic rings. The van der Waals surface area contributed by atoms with Crippen LogP contribution in [0, 0.1) is 15.9 Å². The predicted octanol–water partition coefficient (Wildman–Crippen LogP) is 1.76. The maximum atomic E-state index is 12.7. The van der Waals surface area contributed by atoms with Gasteiger partial charge in [0.15, 0.2) is 0 Å². The first kappa shape index (κ1) is 15.4. The van der Waals surface area contributed by atoms with Crippen molar-refractivity contribution >= 4 is 17.7 Å². The van der Waals surface area contributed by atoms with Gasteiger partial charge in [0.1, 0.15) is 18.2 Å². The molecular formula is C14H13FN4O3. The lowest BCUT2D eigenvalue weighted by atomic mass is 10.2. The molecule has 0 spiro atoms. The zero-order chi connectivity index (χ0) is 15.9. The standard InChI is InChI=1S/C14H13FN4O3/c15-12-4-1-11(2-5-12)3-6-14(20)16-7-8-18-10-13(9-17-18)19(21)22/h1-6,9-10H,7-8H2,(H,16,20)/b6-3+. The Balaban J connectivity index is 1.77. The highest BCUT2D eigenvalue weighted by Crippen LogP contribution is 2.07. The number of benzene rings is 1. The molecule has 22 heavy (non-hydrogen) atoms. The highest BCUT2D eigenvalue weighted by atomic mass is 19.1. The van der Waals surface area contributed by atoms with Crippen LogP contribution in [-0.4, -0.2) is 27.2 Å². The number of carbonyl (C=O) groups is 1. The molecule has 0 radical (unpaired) electrons. The SMILES string of the molecule is O=C(/C=C/c1ccc(F)cc1)NCCn1cc([N+](=O)[O-])cn1. The Kier molecular flexibility index (Phi) is 4.97. The van der Waals surface area contributed by atoms with Gasteiger partial charge in [-0.05, 0) is 23.8 Å². The summed E-state index contributed by atoms with van der Waals surface area (Å²) < 4.78 is 14.1. The molecule has 2 rings (SSSR count). The van der Waals surface area contributed by atoms with E-state index in [1.807, 2.05) is 0 Å². The summed E-state index contributed by atoms with van der Waals surface area (Å²) in [7, 11) is 0. The van der Waals surface area contributed by atoms with Crippen LogP contribution in [0.1, 0.15) is 5.56 Å². The molecular weight excluding hydrogens is 291 g/mol. The molecule has 0 aliphatic carbocycles. The van der Waals surface area contributed by atoms with Gasteiger partial charge in [-0.25, -0.2) is 4.39 Å². The number of amides is 1. The first-order valence-electron chi connectivity index (χ1n) is 6.43. The minimum Gasteiger partial charge on any atom is -0.351 e. The van der Waals surface area contributed by atoms with Crippen molar-refractivity contribution in [2.45, 2.75) is 6.54 Å². The molecule has 1 heterocycles. The van der Waals surface area contributed by atoms with E-state index in [2.05, 4.69) is 10.4 Å². The molecule has 1 aromatic heterocycles. The van der Waals surface area contributed by atoms with Gasteiger partial charge in [-0.1, -0.05) is 12.1 Å². The van der Waals surface area contributed by atoms with E-state index in [1.165, 1.54) is 29.1 Å². The fourth-order valence-electron chi connectivity index (χ4n) is 1.67. The van der Waals surface area contributed by atoms with E-state index < -0.39 is 4.92 Å². The number of nitrogens with one attached hydrogen (secondary N) is 1. The number of halogens is 1. The van der Waals surface area contributed by atoms with Crippen LogP contribution in [0.2, 0.25) is 0 Å². The summed E-state index contributed by atoms with van der Waals surface area (Å²) in [6, 6.07) is 5.73. The van der Waals surface area contributed by atoms with E-state index in [9.17, 15) is 19.3 Å². The molecule has 8 heteroatoms. The summed E-state index contributed by atoms with van der Waals surface area (Å²) >= 11 is 0. The van der Waals surface area contributed by atoms with Gasteiger partial charge in [0, 0.05) is 12.6 Å². The molecule has 0 unspecified atom stereocenters. The van der Waals surface area contributed by atoms with Gasteiger partial charge in [0.05, 0.1) is 11.5 Å². The van der Waals surface area contributed by atoms with Crippen LogP contribution in [0.25, 0.3) is 6.08 Å². The first-order chi connectivity index (χ1) is 10.5. The number of nitrogens with zero attached hydrogens (tertiary/aromatic N) is 3. The number of hydrogen-bond acceptors (Lipinski definition) is 4. The van der Waals surface area contributed by atoms with Gasteiger partial charge in [-0.3, -0.25) is 19.6 Å². The molecule has 7 nitrogen and oxygen atoms in total. The number of carbonyl (C=O) groups excluding carboxylic acids is 1. The normalized spacial score (nSPS) is 10.8. The zero-order valence-corrected chi connectivity index (χ0v) is 11.5. The minimum absolute atomic E-state index is 0.0949. The van der Waals surface area contributed by atoms with Gasteiger partial charge in [-0.2, -0.15) is 5.10 Å². The van der Waals surface area contributed by atoms with Crippen LogP contribution >= 0.6 is 0 Å². The van der Waals surface area contributed by atoms with Gasteiger partial charge >= 0.3 is 5.69 Å². The monoisotopic (exact) mass is 304 g/mol. The summed E-state index contributed by atoms with van der Waals surface area (Å²) in [6.07, 6.45) is 5.34. The average molecular weight is 304 g/mol. The summed E-state index contributed by atoms with van der Waals surface area (Å²) in [4.78, 5) is 21.5. The predicted molar refractivity (Wildman–Crippen MR) is 77.3 cm³/mol. The zero-order valence-electron chi connectivity index (χ0n) is 11.5. The van der Waals surface area contributed by atoms with E-state index in [4.69, 9.17) is 0 Å². The van der Waals surface area contributed by atoms with Crippen molar-refractivity contribution in [2.24, 2.45) is 0 Å². The largest absolute Gasteiger partial charge is 0.351 e. The maximum absolute atomic E-state index is 12.7. The smallest absolute Gasteiger partial charge is 0.306 e. The summed E-state index contributed by atoms with van der Waals surface area (Å²) in [5.41, 5.74) is 0.613. The Morgan fingerprint density at radius 1 is 1.41 bits per heavy atom. The van der Waals surface area contributed by atoms with Gasteiger partial charge in [-0.15, -0.1) is 0 Å². The lowest BCUT2D eigenvalue weighted by Gasteiger charge is -2.02. The minimum atomic E-state index is -0.534. The lowest BCUT2D eigenvalue weighted by Crippen LogP contribution is -2.25. The molecule has 1 N–H and O–H groups in total. The second-order valence-corrected chi connectivity index (χ2v) is 4.39. The van der Waals surface area contributed by atoms with Gasteiger partial charge in [0.25, 0.3) is 0 Å². The fourth-order valence-corrected chi connectivity index (χ4v) is 1.67. The van der Waals surface area contributed by atoms with Crippen LogP contribution in [-0.2, 0) is 11.3 Å². The van der Waals surface area contributed by atoms with Crippen molar-refractivity contribution in [2.75, 3.05) is 6.54 Å². The Morgan fingerprint density at radius 2 is 2.14 bits per heavy atom. The number of aromatic nitrogens is 2. The Hall–Kier alpha value is -3.03. The summed E-state index contributed by atoms with van der Waals surface area (Å²) in [5.74, 6) is -0.652. The van der Waals surface area contributed by atoms with Crippen molar-refractivity contribution in [3.8, 4) is 0 Å². The molecule has 0 bridgehead atoms. The molecule has 1 amide bonds.